The topological polar surface area (TPSA) is 58.2 Å². The number of aromatic nitrogens is 2. The van der Waals surface area contributed by atoms with Crippen molar-refractivity contribution in [3.8, 4) is 11.3 Å². The van der Waals surface area contributed by atoms with Crippen molar-refractivity contribution in [2.45, 2.75) is 52.2 Å². The maximum Gasteiger partial charge on any atom is 0.410 e. The number of likely N-dealkylation sites (tertiary alicyclic amines) is 1. The van der Waals surface area contributed by atoms with E-state index in [0.717, 1.165) is 29.9 Å². The Bertz CT molecular complexity index is 730. The van der Waals surface area contributed by atoms with Crippen molar-refractivity contribution in [3.05, 3.63) is 41.9 Å². The molecule has 0 saturated carbocycles. The van der Waals surface area contributed by atoms with E-state index in [9.17, 15) is 4.79 Å². The Labute approximate surface area is 143 Å². The maximum atomic E-state index is 12.4. The summed E-state index contributed by atoms with van der Waals surface area (Å²) < 4.78 is 5.53. The Morgan fingerprint density at radius 1 is 1.38 bits per heavy atom. The van der Waals surface area contributed by atoms with Gasteiger partial charge in [-0.25, -0.2) is 9.78 Å². The molecule has 1 aromatic carbocycles. The molecule has 0 radical (unpaired) electrons. The van der Waals surface area contributed by atoms with E-state index >= 15 is 0 Å². The highest BCUT2D eigenvalue weighted by molar-refractivity contribution is 5.69. The summed E-state index contributed by atoms with van der Waals surface area (Å²) in [4.78, 5) is 22.1. The molecule has 0 spiro atoms. The molecule has 5 nitrogen and oxygen atoms in total. The second-order valence-corrected chi connectivity index (χ2v) is 7.38. The molecule has 1 aliphatic rings. The van der Waals surface area contributed by atoms with Gasteiger partial charge in [-0.1, -0.05) is 23.8 Å². The summed E-state index contributed by atoms with van der Waals surface area (Å²) in [7, 11) is 0. The zero-order valence-electron chi connectivity index (χ0n) is 14.8. The first-order chi connectivity index (χ1) is 11.3. The Kier molecular flexibility index (Phi) is 4.35. The predicted molar refractivity (Wildman–Crippen MR) is 93.7 cm³/mol. The van der Waals surface area contributed by atoms with E-state index < -0.39 is 5.60 Å². The van der Waals surface area contributed by atoms with Crippen molar-refractivity contribution in [2.24, 2.45) is 0 Å². The second-order valence-electron chi connectivity index (χ2n) is 7.38. The number of aromatic amines is 1. The third kappa shape index (κ3) is 3.61. The molecule has 3 rings (SSSR count). The number of carbonyl (C=O) groups is 1. The average Bonchev–Trinajstić information content (AvgIpc) is 3.14. The van der Waals surface area contributed by atoms with Crippen LogP contribution in [0.1, 0.15) is 51.0 Å². The molecule has 1 aliphatic heterocycles. The van der Waals surface area contributed by atoms with Gasteiger partial charge < -0.3 is 9.72 Å². The molecule has 0 aliphatic carbocycles. The lowest BCUT2D eigenvalue weighted by molar-refractivity contribution is 0.0219. The van der Waals surface area contributed by atoms with Gasteiger partial charge in [-0.05, 0) is 52.2 Å². The van der Waals surface area contributed by atoms with E-state index in [0.29, 0.717) is 6.54 Å². The first-order valence-electron chi connectivity index (χ1n) is 8.45. The summed E-state index contributed by atoms with van der Waals surface area (Å²) >= 11 is 0. The Morgan fingerprint density at radius 3 is 2.88 bits per heavy atom. The van der Waals surface area contributed by atoms with Gasteiger partial charge in [0.1, 0.15) is 11.4 Å². The van der Waals surface area contributed by atoms with Crippen molar-refractivity contribution < 1.29 is 9.53 Å². The lowest BCUT2D eigenvalue weighted by Gasteiger charge is -2.27. The average molecular weight is 327 g/mol. The zero-order chi connectivity index (χ0) is 17.3. The van der Waals surface area contributed by atoms with Gasteiger partial charge >= 0.3 is 6.09 Å². The van der Waals surface area contributed by atoms with Crippen molar-refractivity contribution in [3.63, 3.8) is 0 Å². The van der Waals surface area contributed by atoms with Crippen LogP contribution in [0.15, 0.2) is 30.5 Å². The van der Waals surface area contributed by atoms with Crippen molar-refractivity contribution in [2.75, 3.05) is 6.54 Å². The van der Waals surface area contributed by atoms with Crippen molar-refractivity contribution in [1.29, 1.82) is 0 Å². The van der Waals surface area contributed by atoms with Crippen molar-refractivity contribution >= 4 is 6.09 Å². The summed E-state index contributed by atoms with van der Waals surface area (Å²) in [6.07, 6.45) is 3.44. The first kappa shape index (κ1) is 16.6. The van der Waals surface area contributed by atoms with E-state index in [1.807, 2.05) is 33.0 Å². The summed E-state index contributed by atoms with van der Waals surface area (Å²) in [5.41, 5.74) is 2.81. The number of aryl methyl sites for hydroxylation is 1. The Morgan fingerprint density at radius 2 is 2.17 bits per heavy atom. The van der Waals surface area contributed by atoms with Crippen LogP contribution >= 0.6 is 0 Å². The third-order valence-corrected chi connectivity index (χ3v) is 4.12. The van der Waals surface area contributed by atoms with E-state index in [-0.39, 0.29) is 12.1 Å². The molecule has 1 N–H and O–H groups in total. The van der Waals surface area contributed by atoms with E-state index in [2.05, 4.69) is 35.1 Å². The third-order valence-electron chi connectivity index (χ3n) is 4.12. The number of imidazole rings is 1. The van der Waals surface area contributed by atoms with E-state index in [1.54, 1.807) is 4.90 Å². The number of benzene rings is 1. The molecule has 0 bridgehead atoms. The summed E-state index contributed by atoms with van der Waals surface area (Å²) in [5.74, 6) is 0.829. The smallest absolute Gasteiger partial charge is 0.410 e. The molecular weight excluding hydrogens is 302 g/mol. The zero-order valence-corrected chi connectivity index (χ0v) is 14.8. The number of nitrogens with zero attached hydrogens (tertiary/aromatic N) is 2. The molecule has 1 saturated heterocycles. The van der Waals surface area contributed by atoms with Crippen LogP contribution in [-0.2, 0) is 4.74 Å². The van der Waals surface area contributed by atoms with Crippen molar-refractivity contribution in [1.82, 2.24) is 14.9 Å². The molecule has 2 heterocycles. The maximum absolute atomic E-state index is 12.4. The molecule has 5 heteroatoms. The van der Waals surface area contributed by atoms with E-state index in [4.69, 9.17) is 4.74 Å². The van der Waals surface area contributed by atoms with Crippen LogP contribution < -0.4 is 0 Å². The largest absolute Gasteiger partial charge is 0.444 e. The number of nitrogens with one attached hydrogen (secondary N) is 1. The van der Waals surface area contributed by atoms with Gasteiger partial charge in [0.2, 0.25) is 0 Å². The Balaban J connectivity index is 1.80. The number of amides is 1. The standard InChI is InChI=1S/C19H25N3O2/c1-13-7-5-8-14(11-13)15-12-20-17(21-15)16-9-6-10-22(16)18(23)24-19(2,3)4/h5,7-8,11-12,16H,6,9-10H2,1-4H3,(H,20,21)/t16-/m0/s1. The minimum absolute atomic E-state index is 0.0431. The summed E-state index contributed by atoms with van der Waals surface area (Å²) in [6, 6.07) is 8.25. The van der Waals surface area contributed by atoms with Gasteiger partial charge in [-0.3, -0.25) is 4.90 Å². The van der Waals surface area contributed by atoms with Crippen LogP contribution in [0.25, 0.3) is 11.3 Å². The van der Waals surface area contributed by atoms with Gasteiger partial charge in [0.25, 0.3) is 0 Å². The number of hydrogen-bond donors (Lipinski definition) is 1. The normalized spacial score (nSPS) is 18.0. The molecule has 24 heavy (non-hydrogen) atoms. The molecule has 128 valence electrons. The highest BCUT2D eigenvalue weighted by atomic mass is 16.6. The molecule has 1 fully saturated rings. The van der Waals surface area contributed by atoms with Crippen LogP contribution in [0.5, 0.6) is 0 Å². The molecule has 0 unspecified atom stereocenters. The molecule has 1 aromatic heterocycles. The second kappa shape index (κ2) is 6.30. The minimum Gasteiger partial charge on any atom is -0.444 e. The van der Waals surface area contributed by atoms with Crippen LogP contribution in [-0.4, -0.2) is 33.1 Å². The highest BCUT2D eigenvalue weighted by Gasteiger charge is 2.34. The van der Waals surface area contributed by atoms with Crippen LogP contribution in [0.4, 0.5) is 4.79 Å². The fourth-order valence-corrected chi connectivity index (χ4v) is 3.06. The van der Waals surface area contributed by atoms with Gasteiger partial charge in [0, 0.05) is 6.54 Å². The molecule has 1 amide bonds. The van der Waals surface area contributed by atoms with Gasteiger partial charge in [0.15, 0.2) is 0 Å². The van der Waals surface area contributed by atoms with Gasteiger partial charge in [-0.15, -0.1) is 0 Å². The van der Waals surface area contributed by atoms with Crippen LogP contribution in [0.3, 0.4) is 0 Å². The quantitative estimate of drug-likeness (QED) is 0.886. The minimum atomic E-state index is -0.486. The van der Waals surface area contributed by atoms with E-state index in [1.165, 1.54) is 5.56 Å². The molecule has 1 atom stereocenters. The number of carbonyl (C=O) groups excluding carboxylic acids is 1. The van der Waals surface area contributed by atoms with Gasteiger partial charge in [-0.2, -0.15) is 0 Å². The SMILES string of the molecule is Cc1cccc(-c2cnc([C@@H]3CCCN3C(=O)OC(C)(C)C)[nH]2)c1. The number of rotatable bonds is 2. The highest BCUT2D eigenvalue weighted by Crippen LogP contribution is 2.32. The fraction of sp³-hybridized carbons (Fsp3) is 0.474. The molecule has 2 aromatic rings. The van der Waals surface area contributed by atoms with Gasteiger partial charge in [0.05, 0.1) is 17.9 Å². The molecular formula is C19H25N3O2. The predicted octanol–water partition coefficient (Wildman–Crippen LogP) is 4.46. The Hall–Kier alpha value is -2.30. The number of ether oxygens (including phenoxy) is 1. The van der Waals surface area contributed by atoms with Crippen LogP contribution in [0, 0.1) is 6.92 Å². The summed E-state index contributed by atoms with van der Waals surface area (Å²) in [6.45, 7) is 8.44. The van der Waals surface area contributed by atoms with Crippen LogP contribution in [0.2, 0.25) is 0 Å². The number of H-pyrrole nitrogens is 1. The monoisotopic (exact) mass is 327 g/mol. The fourth-order valence-electron chi connectivity index (χ4n) is 3.06. The first-order valence-corrected chi connectivity index (χ1v) is 8.45. The lowest BCUT2D eigenvalue weighted by Crippen LogP contribution is -2.36. The lowest BCUT2D eigenvalue weighted by atomic mass is 10.1. The number of hydrogen-bond acceptors (Lipinski definition) is 3. The summed E-state index contributed by atoms with van der Waals surface area (Å²) in [5, 5.41) is 0.